The van der Waals surface area contributed by atoms with Crippen molar-refractivity contribution in [1.82, 2.24) is 4.90 Å². The molecule has 0 aromatic heterocycles. The van der Waals surface area contributed by atoms with Gasteiger partial charge in [-0.3, -0.25) is 14.5 Å². The number of benzene rings is 2. The number of hydrogen-bond donors (Lipinski definition) is 0. The Labute approximate surface area is 179 Å². The number of carbonyl (C=O) groups is 2. The summed E-state index contributed by atoms with van der Waals surface area (Å²) < 4.78 is 5.41. The van der Waals surface area contributed by atoms with E-state index < -0.39 is 0 Å². The van der Waals surface area contributed by atoms with Crippen molar-refractivity contribution in [1.29, 1.82) is 0 Å². The second kappa shape index (κ2) is 10.4. The van der Waals surface area contributed by atoms with Gasteiger partial charge in [0.25, 0.3) is 0 Å². The number of likely N-dealkylation sites (tertiary alicyclic amines) is 1. The number of nitrogens with zero attached hydrogens (tertiary/aromatic N) is 2. The van der Waals surface area contributed by atoms with Gasteiger partial charge in [-0.15, -0.1) is 0 Å². The van der Waals surface area contributed by atoms with E-state index in [1.54, 1.807) is 0 Å². The van der Waals surface area contributed by atoms with E-state index in [0.717, 1.165) is 24.2 Å². The molecular formula is C25H32N2O3. The fourth-order valence-electron chi connectivity index (χ4n) is 4.26. The molecule has 5 nitrogen and oxygen atoms in total. The van der Waals surface area contributed by atoms with Crippen LogP contribution in [-0.4, -0.2) is 42.0 Å². The van der Waals surface area contributed by atoms with Crippen molar-refractivity contribution in [2.24, 2.45) is 0 Å². The van der Waals surface area contributed by atoms with Crippen LogP contribution in [0.3, 0.4) is 0 Å². The molecule has 1 aliphatic heterocycles. The second-order valence-electron chi connectivity index (χ2n) is 7.81. The molecule has 1 aliphatic rings. The first-order valence-corrected chi connectivity index (χ1v) is 10.9. The van der Waals surface area contributed by atoms with Gasteiger partial charge in [0.2, 0.25) is 5.91 Å². The number of aryl methyl sites for hydroxylation is 1. The average molecular weight is 409 g/mol. The summed E-state index contributed by atoms with van der Waals surface area (Å²) in [6.45, 7) is 7.54. The molecule has 160 valence electrons. The van der Waals surface area contributed by atoms with Gasteiger partial charge in [0.1, 0.15) is 6.04 Å². The SMILES string of the molecule is CCOC(=O)C1CC(N(C(=O)CC)c2ccccc2C)CCN1Cc1ccccc1. The van der Waals surface area contributed by atoms with Crippen LogP contribution in [-0.2, 0) is 20.9 Å². The summed E-state index contributed by atoms with van der Waals surface area (Å²) in [7, 11) is 0. The summed E-state index contributed by atoms with van der Waals surface area (Å²) in [5.41, 5.74) is 3.18. The van der Waals surface area contributed by atoms with E-state index in [4.69, 9.17) is 4.74 Å². The van der Waals surface area contributed by atoms with E-state index in [-0.39, 0.29) is 24.0 Å². The Kier molecular flexibility index (Phi) is 7.63. The molecule has 0 aliphatic carbocycles. The van der Waals surface area contributed by atoms with Gasteiger partial charge in [0.15, 0.2) is 0 Å². The van der Waals surface area contributed by atoms with Crippen molar-refractivity contribution in [3.05, 3.63) is 65.7 Å². The van der Waals surface area contributed by atoms with Crippen molar-refractivity contribution in [3.8, 4) is 0 Å². The second-order valence-corrected chi connectivity index (χ2v) is 7.81. The van der Waals surface area contributed by atoms with E-state index in [1.165, 1.54) is 5.56 Å². The standard InChI is InChI=1S/C25H32N2O3/c1-4-24(28)27(22-14-10-9-11-19(22)3)21-15-16-26(18-20-12-7-6-8-13-20)23(17-21)25(29)30-5-2/h6-14,21,23H,4-5,15-18H2,1-3H3. The Balaban J connectivity index is 1.86. The first kappa shape index (κ1) is 22.0. The summed E-state index contributed by atoms with van der Waals surface area (Å²) in [5, 5.41) is 0. The molecule has 1 heterocycles. The molecule has 0 bridgehead atoms. The maximum Gasteiger partial charge on any atom is 0.323 e. The smallest absolute Gasteiger partial charge is 0.323 e. The van der Waals surface area contributed by atoms with Gasteiger partial charge in [-0.2, -0.15) is 0 Å². The molecule has 2 aromatic rings. The van der Waals surface area contributed by atoms with Crippen molar-refractivity contribution >= 4 is 17.6 Å². The zero-order valence-electron chi connectivity index (χ0n) is 18.2. The minimum atomic E-state index is -0.361. The largest absolute Gasteiger partial charge is 0.465 e. The predicted molar refractivity (Wildman–Crippen MR) is 119 cm³/mol. The van der Waals surface area contributed by atoms with Crippen molar-refractivity contribution in [2.75, 3.05) is 18.1 Å². The Bertz CT molecular complexity index is 852. The maximum atomic E-state index is 12.9. The number of amides is 1. The monoisotopic (exact) mass is 408 g/mol. The molecule has 2 unspecified atom stereocenters. The summed E-state index contributed by atoms with van der Waals surface area (Å²) in [6.07, 6.45) is 1.83. The van der Waals surface area contributed by atoms with E-state index in [9.17, 15) is 9.59 Å². The lowest BCUT2D eigenvalue weighted by atomic mass is 9.93. The molecule has 0 radical (unpaired) electrons. The molecule has 1 amide bonds. The van der Waals surface area contributed by atoms with Crippen molar-refractivity contribution in [3.63, 3.8) is 0 Å². The molecule has 2 aromatic carbocycles. The van der Waals surface area contributed by atoms with Crippen LogP contribution in [0.5, 0.6) is 0 Å². The van der Waals surface area contributed by atoms with Gasteiger partial charge in [-0.05, 0) is 43.9 Å². The van der Waals surface area contributed by atoms with Crippen LogP contribution >= 0.6 is 0 Å². The molecule has 30 heavy (non-hydrogen) atoms. The highest BCUT2D eigenvalue weighted by Gasteiger charge is 2.38. The third-order valence-corrected chi connectivity index (χ3v) is 5.78. The molecule has 3 rings (SSSR count). The number of hydrogen-bond acceptors (Lipinski definition) is 4. The number of para-hydroxylation sites is 1. The van der Waals surface area contributed by atoms with Crippen LogP contribution < -0.4 is 4.90 Å². The van der Waals surface area contributed by atoms with Crippen molar-refractivity contribution < 1.29 is 14.3 Å². The lowest BCUT2D eigenvalue weighted by Gasteiger charge is -2.42. The highest BCUT2D eigenvalue weighted by molar-refractivity contribution is 5.94. The maximum absolute atomic E-state index is 12.9. The zero-order chi connectivity index (χ0) is 21.5. The minimum Gasteiger partial charge on any atom is -0.465 e. The van der Waals surface area contributed by atoms with E-state index in [1.807, 2.05) is 68.1 Å². The number of esters is 1. The summed E-state index contributed by atoms with van der Waals surface area (Å²) in [4.78, 5) is 29.9. The van der Waals surface area contributed by atoms with Gasteiger partial charge >= 0.3 is 5.97 Å². The number of anilines is 1. The van der Waals surface area contributed by atoms with Crippen LogP contribution in [0.4, 0.5) is 5.69 Å². The number of piperidine rings is 1. The number of ether oxygens (including phenoxy) is 1. The highest BCUT2D eigenvalue weighted by Crippen LogP contribution is 2.31. The quantitative estimate of drug-likeness (QED) is 0.640. The molecule has 1 saturated heterocycles. The Morgan fingerprint density at radius 3 is 2.43 bits per heavy atom. The lowest BCUT2D eigenvalue weighted by molar-refractivity contribution is -0.151. The summed E-state index contributed by atoms with van der Waals surface area (Å²) in [6, 6.07) is 17.8. The van der Waals surface area contributed by atoms with Crippen LogP contribution in [0.15, 0.2) is 54.6 Å². The molecule has 5 heteroatoms. The summed E-state index contributed by atoms with van der Waals surface area (Å²) >= 11 is 0. The molecule has 2 atom stereocenters. The highest BCUT2D eigenvalue weighted by atomic mass is 16.5. The molecule has 0 spiro atoms. The molecule has 0 N–H and O–H groups in total. The molecule has 0 saturated carbocycles. The van der Waals surface area contributed by atoms with Gasteiger partial charge < -0.3 is 9.64 Å². The Morgan fingerprint density at radius 2 is 1.77 bits per heavy atom. The third-order valence-electron chi connectivity index (χ3n) is 5.78. The fraction of sp³-hybridized carbons (Fsp3) is 0.440. The van der Waals surface area contributed by atoms with E-state index >= 15 is 0 Å². The Hall–Kier alpha value is -2.66. The zero-order valence-corrected chi connectivity index (χ0v) is 18.2. The van der Waals surface area contributed by atoms with E-state index in [2.05, 4.69) is 17.0 Å². The fourth-order valence-corrected chi connectivity index (χ4v) is 4.26. The summed E-state index contributed by atoms with van der Waals surface area (Å²) in [5.74, 6) is -0.111. The topological polar surface area (TPSA) is 49.9 Å². The third kappa shape index (κ3) is 5.08. The van der Waals surface area contributed by atoms with Crippen LogP contribution in [0, 0.1) is 6.92 Å². The van der Waals surface area contributed by atoms with Gasteiger partial charge in [0.05, 0.1) is 6.61 Å². The normalized spacial score (nSPS) is 19.3. The lowest BCUT2D eigenvalue weighted by Crippen LogP contribution is -2.54. The average Bonchev–Trinajstić information content (AvgIpc) is 2.76. The van der Waals surface area contributed by atoms with Gasteiger partial charge in [-0.1, -0.05) is 55.5 Å². The molecule has 1 fully saturated rings. The van der Waals surface area contributed by atoms with Crippen LogP contribution in [0.1, 0.15) is 44.2 Å². The first-order chi connectivity index (χ1) is 14.5. The first-order valence-electron chi connectivity index (χ1n) is 10.9. The van der Waals surface area contributed by atoms with Crippen LogP contribution in [0.25, 0.3) is 0 Å². The number of rotatable bonds is 7. The van der Waals surface area contributed by atoms with Gasteiger partial charge in [0, 0.05) is 31.2 Å². The minimum absolute atomic E-state index is 0.0278. The van der Waals surface area contributed by atoms with E-state index in [0.29, 0.717) is 26.0 Å². The predicted octanol–water partition coefficient (Wildman–Crippen LogP) is 4.33. The van der Waals surface area contributed by atoms with Crippen LogP contribution in [0.2, 0.25) is 0 Å². The van der Waals surface area contributed by atoms with Crippen molar-refractivity contribution in [2.45, 2.75) is 58.7 Å². The Morgan fingerprint density at radius 1 is 1.07 bits per heavy atom. The van der Waals surface area contributed by atoms with Gasteiger partial charge in [-0.25, -0.2) is 0 Å². The molecular weight excluding hydrogens is 376 g/mol. The number of carbonyl (C=O) groups excluding carboxylic acids is 2.